The van der Waals surface area contributed by atoms with E-state index in [2.05, 4.69) is 10.3 Å². The molecule has 0 radical (unpaired) electrons. The molecule has 0 saturated heterocycles. The average Bonchev–Trinajstić information content (AvgIpc) is 2.41. The van der Waals surface area contributed by atoms with E-state index >= 15 is 0 Å². The third-order valence-electron chi connectivity index (χ3n) is 2.26. The highest BCUT2D eigenvalue weighted by Crippen LogP contribution is 2.23. The Morgan fingerprint density at radius 1 is 1.22 bits per heavy atom. The highest BCUT2D eigenvalue weighted by molar-refractivity contribution is 6.33. The molecule has 0 aliphatic heterocycles. The Morgan fingerprint density at radius 3 is 2.67 bits per heavy atom. The summed E-state index contributed by atoms with van der Waals surface area (Å²) in [6.07, 6.45) is 1.69. The summed E-state index contributed by atoms with van der Waals surface area (Å²) in [5.41, 5.74) is 6.26. The molecule has 0 fully saturated rings. The quantitative estimate of drug-likeness (QED) is 0.871. The molecule has 1 aromatic heterocycles. The topological polar surface area (TPSA) is 60.2 Å². The molecule has 18 heavy (non-hydrogen) atoms. The molecular weight excluding hydrogens is 250 g/mol. The summed E-state index contributed by atoms with van der Waals surface area (Å²) in [5.74, 6) is 1.42. The van der Waals surface area contributed by atoms with Gasteiger partial charge in [-0.3, -0.25) is 0 Å². The first-order chi connectivity index (χ1) is 8.79. The van der Waals surface area contributed by atoms with Crippen LogP contribution in [0.4, 0.5) is 11.5 Å². The Bertz CT molecular complexity index is 502. The number of benzene rings is 1. The lowest BCUT2D eigenvalue weighted by atomic mass is 10.3. The molecule has 0 amide bonds. The van der Waals surface area contributed by atoms with Gasteiger partial charge in [0.2, 0.25) is 0 Å². The van der Waals surface area contributed by atoms with Crippen molar-refractivity contribution >= 4 is 23.1 Å². The van der Waals surface area contributed by atoms with Crippen LogP contribution in [-0.2, 0) is 0 Å². The van der Waals surface area contributed by atoms with E-state index in [1.54, 1.807) is 18.3 Å². The van der Waals surface area contributed by atoms with Crippen molar-refractivity contribution in [3.8, 4) is 5.75 Å². The Hall–Kier alpha value is -1.78. The van der Waals surface area contributed by atoms with Gasteiger partial charge in [-0.1, -0.05) is 11.6 Å². The maximum atomic E-state index is 6.01. The molecule has 0 saturated carbocycles. The maximum Gasteiger partial charge on any atom is 0.149 e. The summed E-state index contributed by atoms with van der Waals surface area (Å²) in [7, 11) is 0. The van der Waals surface area contributed by atoms with Gasteiger partial charge in [0.1, 0.15) is 18.2 Å². The predicted octanol–water partition coefficient (Wildman–Crippen LogP) is 2.82. The minimum absolute atomic E-state index is 0.504. The summed E-state index contributed by atoms with van der Waals surface area (Å²) >= 11 is 6.01. The molecule has 0 aliphatic rings. The number of nitrogens with two attached hydrogens (primary N) is 1. The summed E-state index contributed by atoms with van der Waals surface area (Å²) < 4.78 is 5.39. The van der Waals surface area contributed by atoms with Crippen molar-refractivity contribution in [2.75, 3.05) is 18.5 Å². The summed E-state index contributed by atoms with van der Waals surface area (Å²) in [4.78, 5) is 4.15. The first-order valence-electron chi connectivity index (χ1n) is 5.60. The van der Waals surface area contributed by atoms with Gasteiger partial charge in [-0.2, -0.15) is 0 Å². The number of aromatic nitrogens is 1. The molecule has 94 valence electrons. The van der Waals surface area contributed by atoms with E-state index in [4.69, 9.17) is 22.1 Å². The van der Waals surface area contributed by atoms with Gasteiger partial charge in [-0.25, -0.2) is 4.98 Å². The summed E-state index contributed by atoms with van der Waals surface area (Å²) in [5, 5.41) is 3.72. The molecule has 2 aromatic rings. The largest absolute Gasteiger partial charge is 0.492 e. The van der Waals surface area contributed by atoms with Gasteiger partial charge in [0.25, 0.3) is 0 Å². The molecule has 5 heteroatoms. The zero-order chi connectivity index (χ0) is 12.8. The van der Waals surface area contributed by atoms with Crippen LogP contribution < -0.4 is 15.8 Å². The molecule has 0 spiro atoms. The second-order valence-electron chi connectivity index (χ2n) is 3.62. The van der Waals surface area contributed by atoms with Crippen LogP contribution in [0, 0.1) is 0 Å². The van der Waals surface area contributed by atoms with Gasteiger partial charge < -0.3 is 15.8 Å². The predicted molar refractivity (Wildman–Crippen MR) is 73.5 cm³/mol. The first-order valence-corrected chi connectivity index (χ1v) is 5.98. The van der Waals surface area contributed by atoms with Crippen molar-refractivity contribution in [2.45, 2.75) is 0 Å². The van der Waals surface area contributed by atoms with Crippen LogP contribution in [0.2, 0.25) is 5.02 Å². The van der Waals surface area contributed by atoms with Crippen LogP contribution in [0.25, 0.3) is 0 Å². The number of halogens is 1. The Balaban J connectivity index is 2.04. The minimum atomic E-state index is 0.504. The van der Waals surface area contributed by atoms with E-state index in [0.717, 1.165) is 11.4 Å². The second kappa shape index (κ2) is 6.23. The highest BCUT2D eigenvalue weighted by Gasteiger charge is 2.01. The fourth-order valence-corrected chi connectivity index (χ4v) is 1.59. The molecule has 2 rings (SSSR count). The number of hydrogen-bond donors (Lipinski definition) is 2. The summed E-state index contributed by atoms with van der Waals surface area (Å²) in [6.45, 7) is 1.02. The number of rotatable bonds is 5. The van der Waals surface area contributed by atoms with E-state index in [0.29, 0.717) is 24.0 Å². The van der Waals surface area contributed by atoms with Crippen molar-refractivity contribution in [3.63, 3.8) is 0 Å². The van der Waals surface area contributed by atoms with E-state index in [9.17, 15) is 0 Å². The first kappa shape index (κ1) is 12.7. The molecule has 0 bridgehead atoms. The monoisotopic (exact) mass is 263 g/mol. The standard InChI is InChI=1S/C13H14ClN3O/c14-12-2-1-8-16-13(12)17-10-3-5-11(6-4-10)18-9-7-15/h1-6,8H,7,9,15H2,(H,16,17). The zero-order valence-electron chi connectivity index (χ0n) is 9.77. The lowest BCUT2D eigenvalue weighted by molar-refractivity contribution is 0.328. The van der Waals surface area contributed by atoms with Crippen LogP contribution in [-0.4, -0.2) is 18.1 Å². The Labute approximate surface area is 111 Å². The highest BCUT2D eigenvalue weighted by atomic mass is 35.5. The molecule has 4 nitrogen and oxygen atoms in total. The smallest absolute Gasteiger partial charge is 0.149 e. The van der Waals surface area contributed by atoms with Crippen LogP contribution in [0.1, 0.15) is 0 Å². The minimum Gasteiger partial charge on any atom is -0.492 e. The van der Waals surface area contributed by atoms with Crippen LogP contribution in [0.15, 0.2) is 42.6 Å². The van der Waals surface area contributed by atoms with Gasteiger partial charge in [-0.05, 0) is 36.4 Å². The van der Waals surface area contributed by atoms with E-state index < -0.39 is 0 Å². The molecule has 0 unspecified atom stereocenters. The Kier molecular flexibility index (Phi) is 4.39. The third kappa shape index (κ3) is 3.35. The zero-order valence-corrected chi connectivity index (χ0v) is 10.5. The van der Waals surface area contributed by atoms with Gasteiger partial charge in [-0.15, -0.1) is 0 Å². The molecule has 3 N–H and O–H groups in total. The number of anilines is 2. The third-order valence-corrected chi connectivity index (χ3v) is 2.57. The normalized spacial score (nSPS) is 10.1. The van der Waals surface area contributed by atoms with Crippen molar-refractivity contribution in [3.05, 3.63) is 47.6 Å². The van der Waals surface area contributed by atoms with Crippen molar-refractivity contribution in [2.24, 2.45) is 5.73 Å². The molecule has 0 aliphatic carbocycles. The summed E-state index contributed by atoms with van der Waals surface area (Å²) in [6, 6.07) is 11.1. The van der Waals surface area contributed by atoms with Crippen molar-refractivity contribution in [1.82, 2.24) is 4.98 Å². The van der Waals surface area contributed by atoms with Gasteiger partial charge in [0, 0.05) is 18.4 Å². The van der Waals surface area contributed by atoms with E-state index in [1.165, 1.54) is 0 Å². The Morgan fingerprint density at radius 2 is 2.00 bits per heavy atom. The maximum absolute atomic E-state index is 6.01. The SMILES string of the molecule is NCCOc1ccc(Nc2ncccc2Cl)cc1. The number of nitrogens with zero attached hydrogens (tertiary/aromatic N) is 1. The molecule has 0 atom stereocenters. The van der Waals surface area contributed by atoms with E-state index in [-0.39, 0.29) is 0 Å². The number of hydrogen-bond acceptors (Lipinski definition) is 4. The molecular formula is C13H14ClN3O. The lowest BCUT2D eigenvalue weighted by Crippen LogP contribution is -2.10. The van der Waals surface area contributed by atoms with Crippen LogP contribution in [0.3, 0.4) is 0 Å². The second-order valence-corrected chi connectivity index (χ2v) is 4.03. The fourth-order valence-electron chi connectivity index (χ4n) is 1.43. The van der Waals surface area contributed by atoms with Crippen LogP contribution in [0.5, 0.6) is 5.75 Å². The number of nitrogens with one attached hydrogen (secondary N) is 1. The molecule has 1 aromatic carbocycles. The van der Waals surface area contributed by atoms with Gasteiger partial charge in [0.15, 0.2) is 0 Å². The van der Waals surface area contributed by atoms with Crippen molar-refractivity contribution < 1.29 is 4.74 Å². The number of pyridine rings is 1. The van der Waals surface area contributed by atoms with Gasteiger partial charge >= 0.3 is 0 Å². The number of ether oxygens (including phenoxy) is 1. The average molecular weight is 264 g/mol. The van der Waals surface area contributed by atoms with Crippen molar-refractivity contribution in [1.29, 1.82) is 0 Å². The lowest BCUT2D eigenvalue weighted by Gasteiger charge is -2.08. The molecule has 1 heterocycles. The van der Waals surface area contributed by atoms with E-state index in [1.807, 2.05) is 24.3 Å². The van der Waals surface area contributed by atoms with Crippen LogP contribution >= 0.6 is 11.6 Å². The van der Waals surface area contributed by atoms with Gasteiger partial charge in [0.05, 0.1) is 5.02 Å². The fraction of sp³-hybridized carbons (Fsp3) is 0.154.